The normalized spacial score (nSPS) is 20.5. The first-order chi connectivity index (χ1) is 13.2. The summed E-state index contributed by atoms with van der Waals surface area (Å²) in [5, 5.41) is 16.6. The van der Waals surface area contributed by atoms with Crippen LogP contribution >= 0.6 is 0 Å². The van der Waals surface area contributed by atoms with E-state index in [1.807, 2.05) is 30.3 Å². The number of nitrogens with zero attached hydrogens (tertiary/aromatic N) is 2. The fraction of sp³-hybridized carbons (Fsp3) is 0.174. The number of hydrogen-bond acceptors (Lipinski definition) is 4. The third kappa shape index (κ3) is 2.74. The van der Waals surface area contributed by atoms with E-state index in [1.54, 1.807) is 12.1 Å². The van der Waals surface area contributed by atoms with Crippen molar-refractivity contribution in [1.29, 1.82) is 0 Å². The minimum Gasteiger partial charge on any atom is -0.508 e. The zero-order valence-electron chi connectivity index (χ0n) is 15.0. The third-order valence-electron chi connectivity index (χ3n) is 5.26. The molecule has 2 atom stereocenters. The number of fused-ring (bicyclic) bond motifs is 3. The van der Waals surface area contributed by atoms with E-state index < -0.39 is 0 Å². The summed E-state index contributed by atoms with van der Waals surface area (Å²) in [6, 6.07) is 24.0. The largest absolute Gasteiger partial charge is 0.508 e. The highest BCUT2D eigenvalue weighted by molar-refractivity contribution is 6.02. The standard InChI is InChI=1S/C23H20N2O2/c1-15-6-8-16(9-7-15)20-14-21-19-4-2-3-5-22(19)27-23(25(21)24-20)17-10-12-18(26)13-11-17/h2-13,21,23,26H,14H2,1H3/t21-,23+/m1/s1. The van der Waals surface area contributed by atoms with E-state index in [0.717, 1.165) is 29.0 Å². The number of hydrazone groups is 1. The molecule has 4 heteroatoms. The Morgan fingerprint density at radius 1 is 0.963 bits per heavy atom. The van der Waals surface area contributed by atoms with Gasteiger partial charge in [-0.05, 0) is 42.8 Å². The monoisotopic (exact) mass is 356 g/mol. The second-order valence-corrected chi connectivity index (χ2v) is 7.11. The first-order valence-electron chi connectivity index (χ1n) is 9.16. The third-order valence-corrected chi connectivity index (χ3v) is 5.26. The zero-order chi connectivity index (χ0) is 18.4. The van der Waals surface area contributed by atoms with Gasteiger partial charge in [0.2, 0.25) is 6.23 Å². The first kappa shape index (κ1) is 15.9. The van der Waals surface area contributed by atoms with Crippen molar-refractivity contribution in [1.82, 2.24) is 5.01 Å². The van der Waals surface area contributed by atoms with Crippen LogP contribution in [0.15, 0.2) is 77.9 Å². The second-order valence-electron chi connectivity index (χ2n) is 7.11. The van der Waals surface area contributed by atoms with Crippen molar-refractivity contribution >= 4 is 5.71 Å². The van der Waals surface area contributed by atoms with Gasteiger partial charge < -0.3 is 9.84 Å². The van der Waals surface area contributed by atoms with Crippen LogP contribution in [0.25, 0.3) is 0 Å². The number of para-hydroxylation sites is 1. The molecule has 1 N–H and O–H groups in total. The minimum atomic E-state index is -0.312. The average Bonchev–Trinajstić information content (AvgIpc) is 3.14. The van der Waals surface area contributed by atoms with E-state index in [0.29, 0.717) is 0 Å². The smallest absolute Gasteiger partial charge is 0.213 e. The molecule has 0 saturated carbocycles. The Morgan fingerprint density at radius 2 is 1.70 bits per heavy atom. The van der Waals surface area contributed by atoms with E-state index in [2.05, 4.69) is 42.3 Å². The number of aryl methyl sites for hydroxylation is 1. The van der Waals surface area contributed by atoms with Crippen LogP contribution in [0.5, 0.6) is 11.5 Å². The lowest BCUT2D eigenvalue weighted by molar-refractivity contribution is -0.0190. The van der Waals surface area contributed by atoms with Crippen LogP contribution in [0.1, 0.15) is 40.9 Å². The second kappa shape index (κ2) is 6.16. The predicted octanol–water partition coefficient (Wildman–Crippen LogP) is 4.94. The van der Waals surface area contributed by atoms with Crippen LogP contribution < -0.4 is 4.74 Å². The molecule has 0 radical (unpaired) electrons. The lowest BCUT2D eigenvalue weighted by Gasteiger charge is -2.38. The molecule has 2 aliphatic rings. The Bertz CT molecular complexity index is 1010. The van der Waals surface area contributed by atoms with Gasteiger partial charge in [-0.15, -0.1) is 0 Å². The van der Waals surface area contributed by atoms with Crippen LogP contribution in [0.2, 0.25) is 0 Å². The highest BCUT2D eigenvalue weighted by atomic mass is 16.5. The molecule has 3 aromatic rings. The van der Waals surface area contributed by atoms with Gasteiger partial charge in [-0.3, -0.25) is 0 Å². The summed E-state index contributed by atoms with van der Waals surface area (Å²) in [6.07, 6.45) is 0.534. The van der Waals surface area contributed by atoms with Crippen molar-refractivity contribution < 1.29 is 9.84 Å². The topological polar surface area (TPSA) is 45.1 Å². The van der Waals surface area contributed by atoms with E-state index in [4.69, 9.17) is 9.84 Å². The number of benzene rings is 3. The van der Waals surface area contributed by atoms with Crippen molar-refractivity contribution in [3.8, 4) is 11.5 Å². The molecule has 5 rings (SSSR count). The number of phenols is 1. The summed E-state index contributed by atoms with van der Waals surface area (Å²) in [6.45, 7) is 2.09. The molecular formula is C23H20N2O2. The van der Waals surface area contributed by atoms with E-state index in [-0.39, 0.29) is 18.0 Å². The van der Waals surface area contributed by atoms with Gasteiger partial charge in [0.15, 0.2) is 0 Å². The van der Waals surface area contributed by atoms with Gasteiger partial charge in [-0.25, -0.2) is 5.01 Å². The number of ether oxygens (including phenoxy) is 1. The first-order valence-corrected chi connectivity index (χ1v) is 9.16. The molecule has 0 unspecified atom stereocenters. The van der Waals surface area contributed by atoms with E-state index >= 15 is 0 Å². The van der Waals surface area contributed by atoms with Gasteiger partial charge in [0.05, 0.1) is 11.8 Å². The van der Waals surface area contributed by atoms with Crippen molar-refractivity contribution in [2.75, 3.05) is 0 Å². The SMILES string of the molecule is Cc1ccc(C2=NN3[C@H](C2)c2ccccc2O[C@H]3c2ccc(O)cc2)cc1. The molecule has 2 aliphatic heterocycles. The Balaban J connectivity index is 1.58. The molecule has 0 aliphatic carbocycles. The maximum Gasteiger partial charge on any atom is 0.213 e. The molecule has 27 heavy (non-hydrogen) atoms. The van der Waals surface area contributed by atoms with Crippen LogP contribution in [0, 0.1) is 6.92 Å². The molecular weight excluding hydrogens is 336 g/mol. The van der Waals surface area contributed by atoms with Gasteiger partial charge in [0, 0.05) is 17.5 Å². The van der Waals surface area contributed by atoms with Crippen LogP contribution in [-0.4, -0.2) is 15.8 Å². The van der Waals surface area contributed by atoms with Gasteiger partial charge in [0.1, 0.15) is 11.5 Å². The van der Waals surface area contributed by atoms with Gasteiger partial charge in [-0.1, -0.05) is 48.0 Å². The average molecular weight is 356 g/mol. The highest BCUT2D eigenvalue weighted by Gasteiger charge is 2.40. The summed E-state index contributed by atoms with van der Waals surface area (Å²) in [4.78, 5) is 0. The molecule has 0 bridgehead atoms. The van der Waals surface area contributed by atoms with Crippen LogP contribution in [-0.2, 0) is 0 Å². The molecule has 0 amide bonds. The molecule has 134 valence electrons. The Kier molecular flexibility index (Phi) is 3.64. The van der Waals surface area contributed by atoms with Gasteiger partial charge in [-0.2, -0.15) is 5.10 Å². The van der Waals surface area contributed by atoms with Crippen molar-refractivity contribution in [3.05, 3.63) is 95.1 Å². The zero-order valence-corrected chi connectivity index (χ0v) is 15.0. The lowest BCUT2D eigenvalue weighted by atomic mass is 9.95. The summed E-state index contributed by atoms with van der Waals surface area (Å²) in [5.41, 5.74) is 5.60. The number of hydrogen-bond donors (Lipinski definition) is 1. The summed E-state index contributed by atoms with van der Waals surface area (Å²) in [5.74, 6) is 1.15. The van der Waals surface area contributed by atoms with Crippen molar-refractivity contribution in [3.63, 3.8) is 0 Å². The summed E-state index contributed by atoms with van der Waals surface area (Å²) < 4.78 is 6.31. The maximum atomic E-state index is 9.63. The molecule has 0 fully saturated rings. The molecule has 2 heterocycles. The maximum absolute atomic E-state index is 9.63. The predicted molar refractivity (Wildman–Crippen MR) is 105 cm³/mol. The van der Waals surface area contributed by atoms with Crippen LogP contribution in [0.3, 0.4) is 0 Å². The number of aromatic hydroxyl groups is 1. The summed E-state index contributed by atoms with van der Waals surface area (Å²) in [7, 11) is 0. The minimum absolute atomic E-state index is 0.144. The van der Waals surface area contributed by atoms with Gasteiger partial charge >= 0.3 is 0 Å². The number of rotatable bonds is 2. The Morgan fingerprint density at radius 3 is 2.48 bits per heavy atom. The molecule has 3 aromatic carbocycles. The van der Waals surface area contributed by atoms with Gasteiger partial charge in [0.25, 0.3) is 0 Å². The summed E-state index contributed by atoms with van der Waals surface area (Å²) >= 11 is 0. The van der Waals surface area contributed by atoms with E-state index in [9.17, 15) is 5.11 Å². The Labute approximate surface area is 158 Å². The highest BCUT2D eigenvalue weighted by Crippen LogP contribution is 2.47. The fourth-order valence-electron chi connectivity index (χ4n) is 3.81. The fourth-order valence-corrected chi connectivity index (χ4v) is 3.81. The molecule has 4 nitrogen and oxygen atoms in total. The van der Waals surface area contributed by atoms with Crippen molar-refractivity contribution in [2.45, 2.75) is 25.6 Å². The van der Waals surface area contributed by atoms with E-state index in [1.165, 1.54) is 11.1 Å². The number of phenolic OH excluding ortho intramolecular Hbond substituents is 1. The molecule has 0 spiro atoms. The Hall–Kier alpha value is -3.27. The molecule has 0 saturated heterocycles. The van der Waals surface area contributed by atoms with Crippen molar-refractivity contribution in [2.24, 2.45) is 5.10 Å². The quantitative estimate of drug-likeness (QED) is 0.707. The lowest BCUT2D eigenvalue weighted by Crippen LogP contribution is -2.33. The molecule has 0 aromatic heterocycles. The van der Waals surface area contributed by atoms with Crippen LogP contribution in [0.4, 0.5) is 0 Å².